The summed E-state index contributed by atoms with van der Waals surface area (Å²) < 4.78 is 19.9. The van der Waals surface area contributed by atoms with Crippen LogP contribution in [-0.2, 0) is 16.1 Å². The van der Waals surface area contributed by atoms with Crippen LogP contribution in [0.15, 0.2) is 99.9 Å². The van der Waals surface area contributed by atoms with E-state index in [1.807, 2.05) is 48.5 Å². The average Bonchev–Trinajstić information content (AvgIpc) is 3.36. The first kappa shape index (κ1) is 32.1. The van der Waals surface area contributed by atoms with Gasteiger partial charge in [-0.05, 0) is 94.2 Å². The number of thiazole rings is 1. The van der Waals surface area contributed by atoms with Crippen LogP contribution in [0.3, 0.4) is 0 Å². The molecule has 1 aliphatic rings. The van der Waals surface area contributed by atoms with E-state index in [1.54, 1.807) is 42.7 Å². The molecule has 1 atom stereocenters. The number of nitro benzene ring substituents is 1. The topological polar surface area (TPSA) is 122 Å². The van der Waals surface area contributed by atoms with Gasteiger partial charge in [-0.2, -0.15) is 0 Å². The summed E-state index contributed by atoms with van der Waals surface area (Å²) in [5.41, 5.74) is 2.82. The molecule has 0 spiro atoms. The molecule has 6 rings (SSSR count). The summed E-state index contributed by atoms with van der Waals surface area (Å²) >= 11 is 3.39. The van der Waals surface area contributed by atoms with Gasteiger partial charge in [0.1, 0.15) is 6.61 Å². The first-order valence-electron chi connectivity index (χ1n) is 14.6. The average molecular weight is 762 g/mol. The highest BCUT2D eigenvalue weighted by molar-refractivity contribution is 14.1. The molecule has 12 heteroatoms. The van der Waals surface area contributed by atoms with Gasteiger partial charge in [-0.25, -0.2) is 9.79 Å². The Morgan fingerprint density at radius 3 is 2.57 bits per heavy atom. The summed E-state index contributed by atoms with van der Waals surface area (Å²) in [6, 6.07) is 22.8. The van der Waals surface area contributed by atoms with Crippen LogP contribution < -0.4 is 24.4 Å². The van der Waals surface area contributed by atoms with Crippen molar-refractivity contribution < 1.29 is 23.9 Å². The van der Waals surface area contributed by atoms with Crippen LogP contribution in [-0.4, -0.2) is 29.2 Å². The quantitative estimate of drug-likeness (QED) is 0.0776. The summed E-state index contributed by atoms with van der Waals surface area (Å²) in [4.78, 5) is 43.3. The van der Waals surface area contributed by atoms with Gasteiger partial charge in [0.05, 0.1) is 44.1 Å². The zero-order chi connectivity index (χ0) is 33.2. The van der Waals surface area contributed by atoms with E-state index >= 15 is 0 Å². The van der Waals surface area contributed by atoms with Gasteiger partial charge >= 0.3 is 5.97 Å². The fraction of sp³-hybridized carbons (Fsp3) is 0.171. The Morgan fingerprint density at radius 2 is 1.85 bits per heavy atom. The van der Waals surface area contributed by atoms with Crippen molar-refractivity contribution >= 4 is 62.4 Å². The molecule has 0 unspecified atom stereocenters. The van der Waals surface area contributed by atoms with E-state index in [9.17, 15) is 19.7 Å². The Balaban J connectivity index is 1.42. The Bertz CT molecular complexity index is 2250. The molecule has 238 valence electrons. The molecule has 0 bridgehead atoms. The van der Waals surface area contributed by atoms with Crippen molar-refractivity contribution in [2.45, 2.75) is 26.5 Å². The number of hydrogen-bond donors (Lipinski definition) is 0. The van der Waals surface area contributed by atoms with Gasteiger partial charge in [0, 0.05) is 12.1 Å². The lowest BCUT2D eigenvalue weighted by atomic mass is 9.91. The summed E-state index contributed by atoms with van der Waals surface area (Å²) in [6.07, 6.45) is 1.78. The van der Waals surface area contributed by atoms with Crippen LogP contribution in [0.25, 0.3) is 16.8 Å². The number of carbonyl (C=O) groups excluding carboxylic acids is 1. The third kappa shape index (κ3) is 6.30. The van der Waals surface area contributed by atoms with E-state index in [0.29, 0.717) is 37.7 Å². The molecule has 0 radical (unpaired) electrons. The maximum atomic E-state index is 14.2. The number of esters is 1. The Kier molecular flexibility index (Phi) is 9.23. The van der Waals surface area contributed by atoms with Crippen molar-refractivity contribution in [2.75, 3.05) is 13.7 Å². The van der Waals surface area contributed by atoms with E-state index in [4.69, 9.17) is 19.2 Å². The minimum absolute atomic E-state index is 0.00580. The van der Waals surface area contributed by atoms with Crippen LogP contribution in [0.5, 0.6) is 11.5 Å². The molecule has 5 aromatic rings. The number of allylic oxidation sites excluding steroid dienone is 1. The number of nitrogens with zero attached hydrogens (tertiary/aromatic N) is 3. The molecule has 0 aliphatic carbocycles. The molecule has 2 heterocycles. The van der Waals surface area contributed by atoms with Crippen LogP contribution in [0, 0.1) is 13.7 Å². The normalized spacial score (nSPS) is 14.5. The van der Waals surface area contributed by atoms with Gasteiger partial charge in [-0.3, -0.25) is 19.5 Å². The van der Waals surface area contributed by atoms with Crippen LogP contribution in [0.4, 0.5) is 5.69 Å². The second-order valence-corrected chi connectivity index (χ2v) is 12.8. The highest BCUT2D eigenvalue weighted by Gasteiger charge is 2.34. The molecule has 0 saturated carbocycles. The molecule has 4 aromatic carbocycles. The molecule has 10 nitrogen and oxygen atoms in total. The largest absolute Gasteiger partial charge is 0.493 e. The molecule has 1 aromatic heterocycles. The number of halogens is 1. The number of benzene rings is 4. The van der Waals surface area contributed by atoms with Crippen molar-refractivity contribution in [3.8, 4) is 11.5 Å². The van der Waals surface area contributed by atoms with Gasteiger partial charge in [0.25, 0.3) is 11.2 Å². The Hall–Kier alpha value is -4.82. The fourth-order valence-corrected chi connectivity index (χ4v) is 7.39. The fourth-order valence-electron chi connectivity index (χ4n) is 5.56. The van der Waals surface area contributed by atoms with E-state index in [1.165, 1.54) is 30.6 Å². The van der Waals surface area contributed by atoms with Crippen LogP contribution in [0.2, 0.25) is 0 Å². The first-order chi connectivity index (χ1) is 22.7. The molecule has 0 N–H and O–H groups in total. The second kappa shape index (κ2) is 13.5. The lowest BCUT2D eigenvalue weighted by Crippen LogP contribution is -2.40. The van der Waals surface area contributed by atoms with Crippen LogP contribution in [0.1, 0.15) is 36.6 Å². The standard InChI is InChI=1S/C35H28IN3O7S/c1-4-45-34(41)30-20(2)37-35-38(31(30)26-11-7-9-23-8-5-6-10-25(23)26)33(40)29(47-35)18-22-16-27(36)32(28(17-22)44-3)46-19-21-12-14-24(15-13-21)39(42)43/h5-18,31H,4,19H2,1-3H3/b29-18+/t31-/m1/s1. The van der Waals surface area contributed by atoms with Crippen molar-refractivity contribution in [1.82, 2.24) is 4.57 Å². The highest BCUT2D eigenvalue weighted by Crippen LogP contribution is 2.36. The first-order valence-corrected chi connectivity index (χ1v) is 16.5. The molecular weight excluding hydrogens is 733 g/mol. The number of carbonyl (C=O) groups is 1. The summed E-state index contributed by atoms with van der Waals surface area (Å²) in [5.74, 6) is 0.465. The van der Waals surface area contributed by atoms with Crippen molar-refractivity contribution in [3.05, 3.63) is 140 Å². The maximum absolute atomic E-state index is 14.2. The van der Waals surface area contributed by atoms with Crippen LogP contribution >= 0.6 is 33.9 Å². The van der Waals surface area contributed by atoms with Crippen molar-refractivity contribution in [2.24, 2.45) is 4.99 Å². The van der Waals surface area contributed by atoms with Crippen molar-refractivity contribution in [3.63, 3.8) is 0 Å². The number of rotatable bonds is 9. The van der Waals surface area contributed by atoms with Gasteiger partial charge in [0.15, 0.2) is 16.3 Å². The second-order valence-electron chi connectivity index (χ2n) is 10.6. The third-order valence-corrected chi connectivity index (χ3v) is 9.50. The van der Waals surface area contributed by atoms with Gasteiger partial charge < -0.3 is 14.2 Å². The molecule has 1 aliphatic heterocycles. The Labute approximate surface area is 286 Å². The van der Waals surface area contributed by atoms with Gasteiger partial charge in [-0.1, -0.05) is 53.8 Å². The summed E-state index contributed by atoms with van der Waals surface area (Å²) in [6.45, 7) is 3.89. The number of ether oxygens (including phenoxy) is 3. The monoisotopic (exact) mass is 761 g/mol. The molecular formula is C35H28IN3O7S. The summed E-state index contributed by atoms with van der Waals surface area (Å²) in [5, 5.41) is 12.9. The zero-order valence-electron chi connectivity index (χ0n) is 25.6. The SMILES string of the molecule is CCOC(=O)C1=C(C)N=c2s/c(=C/c3cc(I)c(OCc4ccc([N+](=O)[O-])cc4)c(OC)c3)c(=O)n2[C@@H]1c1cccc2ccccc12. The highest BCUT2D eigenvalue weighted by atomic mass is 127. The molecule has 0 fully saturated rings. The van der Waals surface area contributed by atoms with Crippen molar-refractivity contribution in [1.29, 1.82) is 0 Å². The van der Waals surface area contributed by atoms with E-state index in [2.05, 4.69) is 22.6 Å². The van der Waals surface area contributed by atoms with E-state index in [0.717, 1.165) is 25.5 Å². The minimum Gasteiger partial charge on any atom is -0.493 e. The summed E-state index contributed by atoms with van der Waals surface area (Å²) in [7, 11) is 1.53. The Morgan fingerprint density at radius 1 is 1.11 bits per heavy atom. The van der Waals surface area contributed by atoms with Gasteiger partial charge in [0.2, 0.25) is 0 Å². The lowest BCUT2D eigenvalue weighted by molar-refractivity contribution is -0.384. The number of hydrogen-bond acceptors (Lipinski definition) is 9. The number of methoxy groups -OCH3 is 1. The maximum Gasteiger partial charge on any atom is 0.338 e. The number of nitro groups is 1. The zero-order valence-corrected chi connectivity index (χ0v) is 28.5. The minimum atomic E-state index is -0.733. The smallest absolute Gasteiger partial charge is 0.338 e. The van der Waals surface area contributed by atoms with E-state index in [-0.39, 0.29) is 24.5 Å². The lowest BCUT2D eigenvalue weighted by Gasteiger charge is -2.25. The molecule has 0 amide bonds. The van der Waals surface area contributed by atoms with E-state index < -0.39 is 16.9 Å². The number of non-ortho nitro benzene ring substituents is 1. The van der Waals surface area contributed by atoms with Gasteiger partial charge in [-0.15, -0.1) is 0 Å². The molecule has 0 saturated heterocycles. The number of aromatic nitrogens is 1. The predicted octanol–water partition coefficient (Wildman–Crippen LogP) is 6.05. The molecule has 47 heavy (non-hydrogen) atoms. The third-order valence-electron chi connectivity index (χ3n) is 7.71. The number of fused-ring (bicyclic) bond motifs is 2. The predicted molar refractivity (Wildman–Crippen MR) is 187 cm³/mol.